The molecule has 0 aliphatic carbocycles. The maximum atomic E-state index is 13.4. The largest absolute Gasteiger partial charge is 0.872 e. The van der Waals surface area contributed by atoms with Crippen molar-refractivity contribution < 1.29 is 24.0 Å². The number of imidazole rings is 1. The van der Waals surface area contributed by atoms with Gasteiger partial charge in [0, 0.05) is 18.5 Å². The Kier molecular flexibility index (Phi) is 6.07. The fourth-order valence-electron chi connectivity index (χ4n) is 4.00. The van der Waals surface area contributed by atoms with Crippen LogP contribution in [0.1, 0.15) is 29.2 Å². The van der Waals surface area contributed by atoms with Crippen LogP contribution < -0.4 is 14.4 Å². The van der Waals surface area contributed by atoms with E-state index >= 15 is 0 Å². The van der Waals surface area contributed by atoms with Gasteiger partial charge in [0.1, 0.15) is 18.1 Å². The van der Waals surface area contributed by atoms with Gasteiger partial charge in [-0.25, -0.2) is 4.57 Å². The summed E-state index contributed by atoms with van der Waals surface area (Å²) in [5, 5.41) is 13.4. The van der Waals surface area contributed by atoms with Crippen molar-refractivity contribution >= 4 is 17.4 Å². The Morgan fingerprint density at radius 3 is 2.66 bits per heavy atom. The van der Waals surface area contributed by atoms with Crippen LogP contribution in [-0.2, 0) is 16.1 Å². The first-order chi connectivity index (χ1) is 15.5. The number of benzene rings is 2. The average molecular weight is 431 g/mol. The van der Waals surface area contributed by atoms with Crippen molar-refractivity contribution in [3.05, 3.63) is 89.5 Å². The number of methoxy groups -OCH3 is 1. The highest BCUT2D eigenvalue weighted by atomic mass is 16.5. The molecule has 0 saturated carbocycles. The van der Waals surface area contributed by atoms with Gasteiger partial charge in [0.2, 0.25) is 12.1 Å². The molecule has 7 heteroatoms. The molecule has 1 atom stereocenters. The molecule has 1 saturated heterocycles. The number of aromatic amines is 1. The second-order valence-electron chi connectivity index (χ2n) is 7.82. The van der Waals surface area contributed by atoms with Crippen molar-refractivity contribution in [3.8, 4) is 5.75 Å². The van der Waals surface area contributed by atoms with E-state index in [9.17, 15) is 14.7 Å². The highest BCUT2D eigenvalue weighted by Gasteiger charge is 2.43. The molecule has 2 heterocycles. The van der Waals surface area contributed by atoms with Crippen molar-refractivity contribution in [2.24, 2.45) is 0 Å². The lowest BCUT2D eigenvalue weighted by molar-refractivity contribution is -0.695. The Morgan fingerprint density at radius 1 is 1.19 bits per heavy atom. The average Bonchev–Trinajstić information content (AvgIpc) is 3.41. The van der Waals surface area contributed by atoms with E-state index in [4.69, 9.17) is 4.74 Å². The molecule has 2 aromatic carbocycles. The van der Waals surface area contributed by atoms with Gasteiger partial charge in [-0.05, 0) is 30.2 Å². The van der Waals surface area contributed by atoms with Crippen molar-refractivity contribution in [1.82, 2.24) is 9.88 Å². The van der Waals surface area contributed by atoms with E-state index < -0.39 is 23.5 Å². The van der Waals surface area contributed by atoms with Crippen molar-refractivity contribution in [2.45, 2.75) is 25.9 Å². The first-order valence-electron chi connectivity index (χ1n) is 10.5. The van der Waals surface area contributed by atoms with Crippen LogP contribution in [0.4, 0.5) is 0 Å². The van der Waals surface area contributed by atoms with Gasteiger partial charge in [-0.15, -0.1) is 0 Å². The standard InChI is InChI=1S/C25H25N3O4/c1-17-7-9-18(10-8-17)22-21(23(29)19-5-3-6-20(15-19)32-2)24(30)25(31)28(22)13-4-12-27-14-11-26-16-27/h3,5-11,14-16,22H,4,12-13H2,1-2H3,(H,29,30). The molecule has 0 radical (unpaired) electrons. The third kappa shape index (κ3) is 4.14. The molecule has 4 rings (SSSR count). The lowest BCUT2D eigenvalue weighted by Crippen LogP contribution is -2.36. The van der Waals surface area contributed by atoms with Crippen LogP contribution in [0.5, 0.6) is 5.75 Å². The SMILES string of the molecule is COc1cccc(/C([O-])=C2\C(=O)C(=O)N(CCC[n+]3cc[nH]c3)C2c2ccc(C)cc2)c1. The van der Waals surface area contributed by atoms with Gasteiger partial charge < -0.3 is 14.7 Å². The molecule has 1 unspecified atom stereocenters. The van der Waals surface area contributed by atoms with Gasteiger partial charge in [-0.3, -0.25) is 14.6 Å². The molecule has 1 aliphatic rings. The zero-order valence-corrected chi connectivity index (χ0v) is 18.1. The maximum absolute atomic E-state index is 13.4. The second kappa shape index (κ2) is 9.09. The van der Waals surface area contributed by atoms with Gasteiger partial charge >= 0.3 is 0 Å². The quantitative estimate of drug-likeness (QED) is 0.268. The number of H-pyrrole nitrogens is 1. The van der Waals surface area contributed by atoms with Gasteiger partial charge in [0.25, 0.3) is 5.91 Å². The first-order valence-corrected chi connectivity index (χ1v) is 10.5. The molecule has 1 aliphatic heterocycles. The molecule has 1 fully saturated rings. The maximum Gasteiger partial charge on any atom is 0.295 e. The third-order valence-electron chi connectivity index (χ3n) is 5.67. The number of carbonyl (C=O) groups is 2. The molecule has 1 aromatic heterocycles. The number of Topliss-reactive ketones (excluding diaryl/α,β-unsaturated/α-hetero) is 1. The number of ether oxygens (including phenoxy) is 1. The van der Waals surface area contributed by atoms with E-state index in [0.29, 0.717) is 30.8 Å². The van der Waals surface area contributed by atoms with Gasteiger partial charge in [0.15, 0.2) is 0 Å². The van der Waals surface area contributed by atoms with Crippen LogP contribution in [-0.4, -0.2) is 35.2 Å². The van der Waals surface area contributed by atoms with Crippen molar-refractivity contribution in [3.63, 3.8) is 0 Å². The molecule has 0 spiro atoms. The summed E-state index contributed by atoms with van der Waals surface area (Å²) in [7, 11) is 1.51. The van der Waals surface area contributed by atoms with Crippen molar-refractivity contribution in [1.29, 1.82) is 0 Å². The van der Waals surface area contributed by atoms with Crippen LogP contribution in [0.15, 0.2) is 72.8 Å². The zero-order valence-electron chi connectivity index (χ0n) is 18.1. The topological polar surface area (TPSA) is 89.3 Å². The summed E-state index contributed by atoms with van der Waals surface area (Å²) in [6.45, 7) is 3.00. The summed E-state index contributed by atoms with van der Waals surface area (Å²) < 4.78 is 7.19. The number of aromatic nitrogens is 2. The number of carbonyl (C=O) groups excluding carboxylic acids is 2. The van der Waals surface area contributed by atoms with E-state index in [1.54, 1.807) is 24.3 Å². The number of hydrogen-bond acceptors (Lipinski definition) is 4. The Bertz CT molecular complexity index is 1150. The number of hydrogen-bond donors (Lipinski definition) is 1. The number of nitrogens with zero attached hydrogens (tertiary/aromatic N) is 2. The molecule has 3 aromatic rings. The summed E-state index contributed by atoms with van der Waals surface area (Å²) in [4.78, 5) is 30.5. The first kappa shape index (κ1) is 21.4. The van der Waals surface area contributed by atoms with Crippen LogP contribution in [0.3, 0.4) is 0 Å². The Labute approximate surface area is 186 Å². The van der Waals surface area contributed by atoms with E-state index in [2.05, 4.69) is 4.98 Å². The Hall–Kier alpha value is -3.87. The van der Waals surface area contributed by atoms with Crippen LogP contribution in [0, 0.1) is 6.92 Å². The molecule has 32 heavy (non-hydrogen) atoms. The minimum Gasteiger partial charge on any atom is -0.872 e. The number of nitrogens with one attached hydrogen (secondary N) is 1. The minimum absolute atomic E-state index is 0.0126. The Morgan fingerprint density at radius 2 is 1.97 bits per heavy atom. The molecule has 164 valence electrons. The number of amides is 1. The summed E-state index contributed by atoms with van der Waals surface area (Å²) in [6.07, 6.45) is 6.19. The minimum atomic E-state index is -0.738. The van der Waals surface area contributed by atoms with Crippen LogP contribution in [0.25, 0.3) is 5.76 Å². The number of likely N-dealkylation sites (tertiary alicyclic amines) is 1. The van der Waals surface area contributed by atoms with E-state index in [1.807, 2.05) is 54.5 Å². The fraction of sp³-hybridized carbons (Fsp3) is 0.240. The van der Waals surface area contributed by atoms with E-state index in [0.717, 1.165) is 11.1 Å². The van der Waals surface area contributed by atoms with Crippen LogP contribution >= 0.6 is 0 Å². The van der Waals surface area contributed by atoms with Gasteiger partial charge in [-0.1, -0.05) is 47.7 Å². The summed E-state index contributed by atoms with van der Waals surface area (Å²) in [6, 6.07) is 13.5. The van der Waals surface area contributed by atoms with Gasteiger partial charge in [-0.2, -0.15) is 0 Å². The second-order valence-corrected chi connectivity index (χ2v) is 7.82. The van der Waals surface area contributed by atoms with E-state index in [-0.39, 0.29) is 5.57 Å². The summed E-state index contributed by atoms with van der Waals surface area (Å²) >= 11 is 0. The smallest absolute Gasteiger partial charge is 0.295 e. The molecular weight excluding hydrogens is 406 g/mol. The molecule has 1 N–H and O–H groups in total. The number of rotatable bonds is 7. The molecular formula is C25H25N3O4. The monoisotopic (exact) mass is 431 g/mol. The molecule has 1 amide bonds. The number of ketones is 1. The van der Waals surface area contributed by atoms with E-state index in [1.165, 1.54) is 12.0 Å². The molecule has 0 bridgehead atoms. The normalized spacial score (nSPS) is 17.7. The highest BCUT2D eigenvalue weighted by molar-refractivity contribution is 6.46. The zero-order chi connectivity index (χ0) is 22.7. The fourth-order valence-corrected chi connectivity index (χ4v) is 4.00. The summed E-state index contributed by atoms with van der Waals surface area (Å²) in [5.74, 6) is -1.31. The molecule has 7 nitrogen and oxygen atoms in total. The summed E-state index contributed by atoms with van der Waals surface area (Å²) in [5.41, 5.74) is 2.11. The number of aryl methyl sites for hydroxylation is 2. The van der Waals surface area contributed by atoms with Crippen LogP contribution in [0.2, 0.25) is 0 Å². The van der Waals surface area contributed by atoms with Crippen molar-refractivity contribution in [2.75, 3.05) is 13.7 Å². The van der Waals surface area contributed by atoms with Gasteiger partial charge in [0.05, 0.1) is 19.7 Å². The lowest BCUT2D eigenvalue weighted by Gasteiger charge is -2.27. The Balaban J connectivity index is 1.73. The predicted octanol–water partition coefficient (Wildman–Crippen LogP) is 1.93. The lowest BCUT2D eigenvalue weighted by atomic mass is 9.94. The third-order valence-corrected chi connectivity index (χ3v) is 5.67. The predicted molar refractivity (Wildman–Crippen MR) is 116 cm³/mol. The highest BCUT2D eigenvalue weighted by Crippen LogP contribution is 2.39.